The SMILES string of the molecule is CCC(C(C)C)n1cc(C)nc1N. The van der Waals surface area contributed by atoms with E-state index in [0.717, 1.165) is 12.1 Å². The molecule has 0 aliphatic heterocycles. The van der Waals surface area contributed by atoms with Crippen LogP contribution in [0.3, 0.4) is 0 Å². The molecule has 0 amide bonds. The van der Waals surface area contributed by atoms with Crippen LogP contribution in [0.25, 0.3) is 0 Å². The monoisotopic (exact) mass is 181 g/mol. The number of imidazole rings is 1. The fourth-order valence-corrected chi connectivity index (χ4v) is 1.79. The van der Waals surface area contributed by atoms with Gasteiger partial charge in [0.25, 0.3) is 0 Å². The first-order valence-corrected chi connectivity index (χ1v) is 4.87. The molecule has 1 unspecified atom stereocenters. The van der Waals surface area contributed by atoms with Crippen molar-refractivity contribution < 1.29 is 0 Å². The van der Waals surface area contributed by atoms with Gasteiger partial charge in [0.15, 0.2) is 0 Å². The van der Waals surface area contributed by atoms with Crippen molar-refractivity contribution >= 4 is 5.95 Å². The highest BCUT2D eigenvalue weighted by Crippen LogP contribution is 2.24. The summed E-state index contributed by atoms with van der Waals surface area (Å²) in [4.78, 5) is 4.20. The zero-order chi connectivity index (χ0) is 10.0. The first-order valence-electron chi connectivity index (χ1n) is 4.87. The van der Waals surface area contributed by atoms with E-state index < -0.39 is 0 Å². The van der Waals surface area contributed by atoms with Crippen LogP contribution in [0.2, 0.25) is 0 Å². The van der Waals surface area contributed by atoms with Gasteiger partial charge in [0.05, 0.1) is 5.69 Å². The summed E-state index contributed by atoms with van der Waals surface area (Å²) in [6.07, 6.45) is 3.13. The van der Waals surface area contributed by atoms with Gasteiger partial charge < -0.3 is 10.3 Å². The van der Waals surface area contributed by atoms with Gasteiger partial charge in [-0.05, 0) is 19.3 Å². The molecule has 1 aromatic heterocycles. The Labute approximate surface area is 80.0 Å². The van der Waals surface area contributed by atoms with Crippen LogP contribution in [-0.2, 0) is 0 Å². The van der Waals surface area contributed by atoms with Crippen molar-refractivity contribution in [3.8, 4) is 0 Å². The Balaban J connectivity index is 2.97. The summed E-state index contributed by atoms with van der Waals surface area (Å²) in [5, 5.41) is 0. The van der Waals surface area contributed by atoms with Gasteiger partial charge in [-0.2, -0.15) is 0 Å². The van der Waals surface area contributed by atoms with Crippen LogP contribution in [0.4, 0.5) is 5.95 Å². The summed E-state index contributed by atoms with van der Waals surface area (Å²) >= 11 is 0. The van der Waals surface area contributed by atoms with Gasteiger partial charge in [-0.3, -0.25) is 0 Å². The number of hydrogen-bond acceptors (Lipinski definition) is 2. The second-order valence-corrected chi connectivity index (χ2v) is 3.87. The number of anilines is 1. The van der Waals surface area contributed by atoms with Crippen LogP contribution in [0.15, 0.2) is 6.20 Å². The van der Waals surface area contributed by atoms with E-state index in [-0.39, 0.29) is 0 Å². The second kappa shape index (κ2) is 3.81. The van der Waals surface area contributed by atoms with Gasteiger partial charge in [-0.1, -0.05) is 20.8 Å². The Bertz CT molecular complexity index is 276. The molecule has 1 heterocycles. The number of aryl methyl sites for hydroxylation is 1. The first kappa shape index (κ1) is 10.1. The Morgan fingerprint density at radius 1 is 1.54 bits per heavy atom. The topological polar surface area (TPSA) is 43.8 Å². The highest BCUT2D eigenvalue weighted by molar-refractivity contribution is 5.22. The molecule has 0 aliphatic carbocycles. The second-order valence-electron chi connectivity index (χ2n) is 3.87. The lowest BCUT2D eigenvalue weighted by atomic mass is 10.0. The number of nitrogen functional groups attached to an aromatic ring is 1. The van der Waals surface area contributed by atoms with Gasteiger partial charge in [0.2, 0.25) is 5.95 Å². The minimum absolute atomic E-state index is 0.473. The smallest absolute Gasteiger partial charge is 0.200 e. The van der Waals surface area contributed by atoms with Crippen LogP contribution in [0.1, 0.15) is 38.9 Å². The molecule has 3 nitrogen and oxygen atoms in total. The molecule has 0 fully saturated rings. The van der Waals surface area contributed by atoms with Crippen LogP contribution < -0.4 is 5.73 Å². The third-order valence-electron chi connectivity index (χ3n) is 2.43. The lowest BCUT2D eigenvalue weighted by Gasteiger charge is -2.21. The molecule has 0 spiro atoms. The summed E-state index contributed by atoms with van der Waals surface area (Å²) in [7, 11) is 0. The third kappa shape index (κ3) is 2.02. The summed E-state index contributed by atoms with van der Waals surface area (Å²) in [5.41, 5.74) is 6.80. The molecule has 0 bridgehead atoms. The number of rotatable bonds is 3. The predicted octanol–water partition coefficient (Wildman–Crippen LogP) is 2.38. The summed E-state index contributed by atoms with van der Waals surface area (Å²) in [6, 6.07) is 0.473. The molecule has 0 radical (unpaired) electrons. The fourth-order valence-electron chi connectivity index (χ4n) is 1.79. The molecule has 2 N–H and O–H groups in total. The lowest BCUT2D eigenvalue weighted by molar-refractivity contribution is 0.369. The molecular formula is C10H19N3. The van der Waals surface area contributed by atoms with Gasteiger partial charge in [0, 0.05) is 12.2 Å². The van der Waals surface area contributed by atoms with Crippen LogP contribution in [0.5, 0.6) is 0 Å². The molecule has 1 atom stereocenters. The minimum Gasteiger partial charge on any atom is -0.369 e. The van der Waals surface area contributed by atoms with Gasteiger partial charge in [-0.25, -0.2) is 4.98 Å². The van der Waals surface area contributed by atoms with Crippen molar-refractivity contribution in [2.75, 3.05) is 5.73 Å². The van der Waals surface area contributed by atoms with Gasteiger partial charge in [0.1, 0.15) is 0 Å². The third-order valence-corrected chi connectivity index (χ3v) is 2.43. The van der Waals surface area contributed by atoms with Crippen molar-refractivity contribution in [3.05, 3.63) is 11.9 Å². The van der Waals surface area contributed by atoms with Gasteiger partial charge >= 0.3 is 0 Å². The first-order chi connectivity index (χ1) is 6.06. The molecule has 0 aliphatic rings. The maximum absolute atomic E-state index is 5.81. The standard InChI is InChI=1S/C10H19N3/c1-5-9(7(2)3)13-6-8(4)12-10(13)11/h6-7,9H,5H2,1-4H3,(H2,11,12). The fraction of sp³-hybridized carbons (Fsp3) is 0.700. The Kier molecular flexibility index (Phi) is 2.96. The maximum Gasteiger partial charge on any atom is 0.200 e. The zero-order valence-corrected chi connectivity index (χ0v) is 8.91. The quantitative estimate of drug-likeness (QED) is 0.778. The van der Waals surface area contributed by atoms with Crippen molar-refractivity contribution in [2.45, 2.75) is 40.2 Å². The van der Waals surface area contributed by atoms with E-state index in [4.69, 9.17) is 5.73 Å². The van der Waals surface area contributed by atoms with E-state index in [1.165, 1.54) is 0 Å². The molecule has 1 aromatic rings. The van der Waals surface area contributed by atoms with Crippen LogP contribution >= 0.6 is 0 Å². The molecular weight excluding hydrogens is 162 g/mol. The normalized spacial score (nSPS) is 13.6. The maximum atomic E-state index is 5.81. The van der Waals surface area contributed by atoms with E-state index in [2.05, 4.69) is 30.3 Å². The lowest BCUT2D eigenvalue weighted by Crippen LogP contribution is -2.15. The largest absolute Gasteiger partial charge is 0.369 e. The number of hydrogen-bond donors (Lipinski definition) is 1. The van der Waals surface area contributed by atoms with E-state index in [1.807, 2.05) is 13.1 Å². The molecule has 0 aromatic carbocycles. The molecule has 0 saturated heterocycles. The van der Waals surface area contributed by atoms with E-state index in [9.17, 15) is 0 Å². The Hall–Kier alpha value is -0.990. The van der Waals surface area contributed by atoms with E-state index in [0.29, 0.717) is 17.9 Å². The zero-order valence-electron chi connectivity index (χ0n) is 8.91. The minimum atomic E-state index is 0.473. The molecule has 1 rings (SSSR count). The highest BCUT2D eigenvalue weighted by Gasteiger charge is 2.15. The van der Waals surface area contributed by atoms with Crippen LogP contribution in [0, 0.1) is 12.8 Å². The number of nitrogens with two attached hydrogens (primary N) is 1. The van der Waals surface area contributed by atoms with Crippen molar-refractivity contribution in [1.29, 1.82) is 0 Å². The molecule has 13 heavy (non-hydrogen) atoms. The van der Waals surface area contributed by atoms with Gasteiger partial charge in [-0.15, -0.1) is 0 Å². The molecule has 0 saturated carbocycles. The Morgan fingerprint density at radius 2 is 2.15 bits per heavy atom. The highest BCUT2D eigenvalue weighted by atomic mass is 15.2. The Morgan fingerprint density at radius 3 is 2.46 bits per heavy atom. The van der Waals surface area contributed by atoms with E-state index in [1.54, 1.807) is 0 Å². The van der Waals surface area contributed by atoms with E-state index >= 15 is 0 Å². The number of nitrogens with zero attached hydrogens (tertiary/aromatic N) is 2. The summed E-state index contributed by atoms with van der Waals surface area (Å²) < 4.78 is 2.08. The summed E-state index contributed by atoms with van der Waals surface area (Å²) in [5.74, 6) is 1.24. The summed E-state index contributed by atoms with van der Waals surface area (Å²) in [6.45, 7) is 8.57. The molecule has 74 valence electrons. The predicted molar refractivity (Wildman–Crippen MR) is 55.5 cm³/mol. The van der Waals surface area contributed by atoms with Crippen molar-refractivity contribution in [3.63, 3.8) is 0 Å². The van der Waals surface area contributed by atoms with Crippen molar-refractivity contribution in [1.82, 2.24) is 9.55 Å². The number of aromatic nitrogens is 2. The van der Waals surface area contributed by atoms with Crippen molar-refractivity contribution in [2.24, 2.45) is 5.92 Å². The average molecular weight is 181 g/mol. The van der Waals surface area contributed by atoms with Crippen LogP contribution in [-0.4, -0.2) is 9.55 Å². The average Bonchev–Trinajstić information content (AvgIpc) is 2.31. The molecule has 3 heteroatoms.